The highest BCUT2D eigenvalue weighted by molar-refractivity contribution is 5.41. The van der Waals surface area contributed by atoms with Crippen LogP contribution in [0.15, 0.2) is 42.5 Å². The number of aliphatic hydroxyl groups is 1. The van der Waals surface area contributed by atoms with E-state index in [1.165, 1.54) is 18.2 Å². The Balaban J connectivity index is 1.43. The van der Waals surface area contributed by atoms with Gasteiger partial charge in [0.15, 0.2) is 11.5 Å². The quantitative estimate of drug-likeness (QED) is 0.717. The van der Waals surface area contributed by atoms with E-state index in [9.17, 15) is 10.2 Å². The fraction of sp³-hybridized carbons (Fsp3) is 0.400. The molecule has 3 rings (SSSR count). The zero-order chi connectivity index (χ0) is 17.6. The van der Waals surface area contributed by atoms with E-state index in [4.69, 9.17) is 4.74 Å². The molecule has 0 aliphatic carbocycles. The standard InChI is InChI=1S/C20H26N2O3/c1-25-20-7-6-15(10-19(20)24)11-21-12-18(23)14-22-9-8-16-4-2-3-5-17(16)13-22/h2-7,10,18,21,23-24H,8-9,11-14H2,1H3. The van der Waals surface area contributed by atoms with Gasteiger partial charge in [0, 0.05) is 32.7 Å². The Morgan fingerprint density at radius 2 is 2.00 bits per heavy atom. The summed E-state index contributed by atoms with van der Waals surface area (Å²) < 4.78 is 5.04. The van der Waals surface area contributed by atoms with Gasteiger partial charge in [-0.1, -0.05) is 30.3 Å². The molecule has 0 saturated heterocycles. The van der Waals surface area contributed by atoms with E-state index >= 15 is 0 Å². The number of methoxy groups -OCH3 is 1. The zero-order valence-corrected chi connectivity index (χ0v) is 14.6. The summed E-state index contributed by atoms with van der Waals surface area (Å²) in [6, 6.07) is 13.8. The summed E-state index contributed by atoms with van der Waals surface area (Å²) in [7, 11) is 1.53. The second-order valence-corrected chi connectivity index (χ2v) is 6.54. The lowest BCUT2D eigenvalue weighted by molar-refractivity contribution is 0.104. The Morgan fingerprint density at radius 1 is 1.20 bits per heavy atom. The molecule has 3 N–H and O–H groups in total. The van der Waals surface area contributed by atoms with Crippen molar-refractivity contribution in [3.63, 3.8) is 0 Å². The minimum Gasteiger partial charge on any atom is -0.504 e. The summed E-state index contributed by atoms with van der Waals surface area (Å²) in [6.07, 6.45) is 0.624. The van der Waals surface area contributed by atoms with E-state index in [1.807, 2.05) is 6.07 Å². The van der Waals surface area contributed by atoms with Crippen LogP contribution in [0.25, 0.3) is 0 Å². The van der Waals surface area contributed by atoms with Gasteiger partial charge in [-0.05, 0) is 35.2 Å². The normalized spacial score (nSPS) is 15.6. The number of phenols is 1. The molecule has 0 aromatic heterocycles. The van der Waals surface area contributed by atoms with Gasteiger partial charge >= 0.3 is 0 Å². The van der Waals surface area contributed by atoms with Crippen LogP contribution in [0.2, 0.25) is 0 Å². The Morgan fingerprint density at radius 3 is 2.76 bits per heavy atom. The molecule has 1 unspecified atom stereocenters. The third-order valence-electron chi connectivity index (χ3n) is 4.63. The van der Waals surface area contributed by atoms with E-state index in [1.54, 1.807) is 12.1 Å². The van der Waals surface area contributed by atoms with Crippen LogP contribution >= 0.6 is 0 Å². The topological polar surface area (TPSA) is 65.0 Å². The Labute approximate surface area is 148 Å². The fourth-order valence-corrected chi connectivity index (χ4v) is 3.30. The van der Waals surface area contributed by atoms with Crippen LogP contribution in [0.1, 0.15) is 16.7 Å². The Kier molecular flexibility index (Phi) is 5.91. The van der Waals surface area contributed by atoms with Gasteiger partial charge < -0.3 is 20.3 Å². The van der Waals surface area contributed by atoms with Gasteiger partial charge in [0.25, 0.3) is 0 Å². The van der Waals surface area contributed by atoms with E-state index < -0.39 is 6.10 Å². The maximum atomic E-state index is 10.3. The minimum atomic E-state index is -0.419. The molecule has 1 aliphatic rings. The predicted molar refractivity (Wildman–Crippen MR) is 97.8 cm³/mol. The third-order valence-corrected chi connectivity index (χ3v) is 4.63. The van der Waals surface area contributed by atoms with Crippen molar-refractivity contribution in [3.05, 3.63) is 59.2 Å². The number of β-amino-alcohol motifs (C(OH)–C–C–N with tert-alkyl or cyclic N) is 1. The summed E-state index contributed by atoms with van der Waals surface area (Å²) in [6.45, 7) is 3.66. The molecule has 1 aliphatic heterocycles. The highest BCUT2D eigenvalue weighted by Crippen LogP contribution is 2.26. The maximum Gasteiger partial charge on any atom is 0.160 e. The molecule has 5 nitrogen and oxygen atoms in total. The monoisotopic (exact) mass is 342 g/mol. The van der Waals surface area contributed by atoms with Crippen LogP contribution in [0, 0.1) is 0 Å². The summed E-state index contributed by atoms with van der Waals surface area (Å²) in [5.41, 5.74) is 3.74. The van der Waals surface area contributed by atoms with Crippen molar-refractivity contribution in [3.8, 4) is 11.5 Å². The first-order valence-electron chi connectivity index (χ1n) is 8.69. The van der Waals surface area contributed by atoms with Gasteiger partial charge in [-0.15, -0.1) is 0 Å². The number of aromatic hydroxyl groups is 1. The van der Waals surface area contributed by atoms with Crippen molar-refractivity contribution in [1.82, 2.24) is 10.2 Å². The van der Waals surface area contributed by atoms with Gasteiger partial charge in [-0.25, -0.2) is 0 Å². The van der Waals surface area contributed by atoms with E-state index in [-0.39, 0.29) is 5.75 Å². The predicted octanol–water partition coefficient (Wildman–Crippen LogP) is 1.91. The second kappa shape index (κ2) is 8.34. The molecule has 5 heteroatoms. The lowest BCUT2D eigenvalue weighted by Gasteiger charge is -2.30. The highest BCUT2D eigenvalue weighted by Gasteiger charge is 2.18. The van der Waals surface area contributed by atoms with Crippen molar-refractivity contribution in [2.45, 2.75) is 25.6 Å². The first-order chi connectivity index (χ1) is 12.2. The Hall–Kier alpha value is -2.08. The molecule has 1 atom stereocenters. The average molecular weight is 342 g/mol. The number of phenolic OH excluding ortho intramolecular Hbond substituents is 1. The summed E-state index contributed by atoms with van der Waals surface area (Å²) in [5, 5.41) is 23.3. The number of benzene rings is 2. The number of hydrogen-bond donors (Lipinski definition) is 3. The molecular formula is C20H26N2O3. The van der Waals surface area contributed by atoms with Gasteiger partial charge in [-0.3, -0.25) is 4.90 Å². The molecule has 2 aromatic rings. The third kappa shape index (κ3) is 4.72. The molecule has 0 radical (unpaired) electrons. The van der Waals surface area contributed by atoms with E-state index in [2.05, 4.69) is 34.5 Å². The second-order valence-electron chi connectivity index (χ2n) is 6.54. The first kappa shape index (κ1) is 17.7. The highest BCUT2D eigenvalue weighted by atomic mass is 16.5. The number of nitrogens with one attached hydrogen (secondary N) is 1. The van der Waals surface area contributed by atoms with Crippen LogP contribution < -0.4 is 10.1 Å². The molecule has 1 heterocycles. The molecule has 134 valence electrons. The maximum absolute atomic E-state index is 10.3. The molecule has 25 heavy (non-hydrogen) atoms. The van der Waals surface area contributed by atoms with Gasteiger partial charge in [0.1, 0.15) is 0 Å². The average Bonchev–Trinajstić information content (AvgIpc) is 2.62. The molecule has 0 amide bonds. The number of aliphatic hydroxyl groups excluding tert-OH is 1. The SMILES string of the molecule is COc1ccc(CNCC(O)CN2CCc3ccccc3C2)cc1O. The molecule has 0 fully saturated rings. The van der Waals surface area contributed by atoms with Crippen LogP contribution in [-0.2, 0) is 19.5 Å². The van der Waals surface area contributed by atoms with Crippen molar-refractivity contribution in [2.75, 3.05) is 26.7 Å². The molecule has 0 bridgehead atoms. The van der Waals surface area contributed by atoms with Gasteiger partial charge in [0.05, 0.1) is 13.2 Å². The number of ether oxygens (including phenoxy) is 1. The number of hydrogen-bond acceptors (Lipinski definition) is 5. The lowest BCUT2D eigenvalue weighted by Crippen LogP contribution is -2.40. The van der Waals surface area contributed by atoms with Crippen molar-refractivity contribution in [1.29, 1.82) is 0 Å². The van der Waals surface area contributed by atoms with Crippen LogP contribution in [0.3, 0.4) is 0 Å². The van der Waals surface area contributed by atoms with Crippen LogP contribution in [0.5, 0.6) is 11.5 Å². The molecule has 0 saturated carbocycles. The van der Waals surface area contributed by atoms with Crippen LogP contribution in [-0.4, -0.2) is 48.0 Å². The molecule has 0 spiro atoms. The van der Waals surface area contributed by atoms with Crippen molar-refractivity contribution >= 4 is 0 Å². The number of rotatable bonds is 7. The number of fused-ring (bicyclic) bond motifs is 1. The Bertz CT molecular complexity index is 705. The first-order valence-corrected chi connectivity index (χ1v) is 8.69. The van der Waals surface area contributed by atoms with E-state index in [0.29, 0.717) is 25.4 Å². The van der Waals surface area contributed by atoms with E-state index in [0.717, 1.165) is 25.1 Å². The zero-order valence-electron chi connectivity index (χ0n) is 14.6. The van der Waals surface area contributed by atoms with Gasteiger partial charge in [-0.2, -0.15) is 0 Å². The van der Waals surface area contributed by atoms with Crippen molar-refractivity contribution < 1.29 is 14.9 Å². The smallest absolute Gasteiger partial charge is 0.160 e. The molecule has 2 aromatic carbocycles. The molecular weight excluding hydrogens is 316 g/mol. The summed E-state index contributed by atoms with van der Waals surface area (Å²) in [5.74, 6) is 0.600. The minimum absolute atomic E-state index is 0.134. The number of nitrogens with zero attached hydrogens (tertiary/aromatic N) is 1. The largest absolute Gasteiger partial charge is 0.504 e. The van der Waals surface area contributed by atoms with Gasteiger partial charge in [0.2, 0.25) is 0 Å². The lowest BCUT2D eigenvalue weighted by atomic mass is 10.00. The summed E-state index contributed by atoms with van der Waals surface area (Å²) in [4.78, 5) is 2.30. The fourth-order valence-electron chi connectivity index (χ4n) is 3.30. The summed E-state index contributed by atoms with van der Waals surface area (Å²) >= 11 is 0. The van der Waals surface area contributed by atoms with Crippen LogP contribution in [0.4, 0.5) is 0 Å². The van der Waals surface area contributed by atoms with Crippen molar-refractivity contribution in [2.24, 2.45) is 0 Å².